The molecular weight excluding hydrogens is 290 g/mol. The van der Waals surface area contributed by atoms with E-state index in [1.54, 1.807) is 25.3 Å². The molecule has 0 atom stereocenters. The van der Waals surface area contributed by atoms with Gasteiger partial charge in [0.05, 0.1) is 5.69 Å². The van der Waals surface area contributed by atoms with Crippen LogP contribution in [0.3, 0.4) is 0 Å². The minimum absolute atomic E-state index is 0.208. The first-order valence-corrected chi connectivity index (χ1v) is 7.34. The summed E-state index contributed by atoms with van der Waals surface area (Å²) in [7, 11) is 0. The van der Waals surface area contributed by atoms with Crippen LogP contribution < -0.4 is 10.9 Å². The molecule has 0 bridgehead atoms. The number of pyridine rings is 1. The summed E-state index contributed by atoms with van der Waals surface area (Å²) in [6.45, 7) is 5.52. The molecule has 3 aromatic rings. The van der Waals surface area contributed by atoms with E-state index in [9.17, 15) is 9.59 Å². The molecule has 2 heterocycles. The van der Waals surface area contributed by atoms with E-state index in [0.29, 0.717) is 16.9 Å². The lowest BCUT2D eigenvalue weighted by molar-refractivity contribution is 0.102. The molecule has 3 rings (SSSR count). The average Bonchev–Trinajstić information content (AvgIpc) is 2.51. The fraction of sp³-hybridized carbons (Fsp3) is 0.167. The van der Waals surface area contributed by atoms with Crippen molar-refractivity contribution in [3.8, 4) is 0 Å². The van der Waals surface area contributed by atoms with Crippen LogP contribution >= 0.6 is 0 Å². The van der Waals surface area contributed by atoms with Crippen LogP contribution in [0.1, 0.15) is 27.2 Å². The zero-order chi connectivity index (χ0) is 16.6. The summed E-state index contributed by atoms with van der Waals surface area (Å²) >= 11 is 0. The molecule has 1 amide bonds. The third-order valence-electron chi connectivity index (χ3n) is 3.80. The predicted molar refractivity (Wildman–Crippen MR) is 90.1 cm³/mol. The van der Waals surface area contributed by atoms with Crippen molar-refractivity contribution in [1.29, 1.82) is 0 Å². The third kappa shape index (κ3) is 2.73. The van der Waals surface area contributed by atoms with E-state index in [1.807, 2.05) is 38.1 Å². The van der Waals surface area contributed by atoms with E-state index in [0.717, 1.165) is 11.1 Å². The fourth-order valence-electron chi connectivity index (χ4n) is 2.50. The molecule has 1 N–H and O–H groups in total. The number of amides is 1. The summed E-state index contributed by atoms with van der Waals surface area (Å²) in [6.07, 6.45) is 1.67. The molecule has 5 heteroatoms. The maximum Gasteiger partial charge on any atom is 0.281 e. The number of nitrogens with one attached hydrogen (secondary N) is 1. The molecule has 0 aliphatic rings. The van der Waals surface area contributed by atoms with Crippen molar-refractivity contribution in [3.05, 3.63) is 75.3 Å². The Morgan fingerprint density at radius 1 is 1.13 bits per heavy atom. The van der Waals surface area contributed by atoms with Crippen molar-refractivity contribution in [1.82, 2.24) is 9.38 Å². The van der Waals surface area contributed by atoms with E-state index in [1.165, 1.54) is 4.40 Å². The van der Waals surface area contributed by atoms with Crippen LogP contribution in [0.25, 0.3) is 5.65 Å². The molecule has 0 unspecified atom stereocenters. The Morgan fingerprint density at radius 2 is 1.87 bits per heavy atom. The van der Waals surface area contributed by atoms with Gasteiger partial charge >= 0.3 is 0 Å². The number of carbonyl (C=O) groups is 1. The fourth-order valence-corrected chi connectivity index (χ4v) is 2.50. The first-order chi connectivity index (χ1) is 11.0. The van der Waals surface area contributed by atoms with Crippen molar-refractivity contribution in [2.45, 2.75) is 20.8 Å². The molecule has 0 spiro atoms. The van der Waals surface area contributed by atoms with Gasteiger partial charge < -0.3 is 5.32 Å². The van der Waals surface area contributed by atoms with Crippen LogP contribution in [0.15, 0.2) is 47.4 Å². The monoisotopic (exact) mass is 307 g/mol. The van der Waals surface area contributed by atoms with Crippen LogP contribution in [-0.2, 0) is 0 Å². The van der Waals surface area contributed by atoms with E-state index in [2.05, 4.69) is 10.3 Å². The summed E-state index contributed by atoms with van der Waals surface area (Å²) in [4.78, 5) is 29.5. The minimum Gasteiger partial charge on any atom is -0.316 e. The van der Waals surface area contributed by atoms with Gasteiger partial charge in [-0.25, -0.2) is 4.98 Å². The highest BCUT2D eigenvalue weighted by molar-refractivity contribution is 6.05. The van der Waals surface area contributed by atoms with Crippen LogP contribution in [0.4, 0.5) is 5.69 Å². The van der Waals surface area contributed by atoms with Crippen molar-refractivity contribution in [3.63, 3.8) is 0 Å². The van der Waals surface area contributed by atoms with Gasteiger partial charge in [-0.2, -0.15) is 0 Å². The number of fused-ring (bicyclic) bond motifs is 1. The topological polar surface area (TPSA) is 63.5 Å². The normalized spacial score (nSPS) is 10.7. The molecule has 0 aliphatic carbocycles. The molecule has 1 aromatic carbocycles. The molecule has 0 radical (unpaired) electrons. The lowest BCUT2D eigenvalue weighted by Crippen LogP contribution is -2.25. The maximum absolute atomic E-state index is 12.6. The molecule has 0 saturated carbocycles. The van der Waals surface area contributed by atoms with Gasteiger partial charge in [-0.1, -0.05) is 18.2 Å². The van der Waals surface area contributed by atoms with E-state index in [4.69, 9.17) is 0 Å². The highest BCUT2D eigenvalue weighted by Gasteiger charge is 2.15. The molecule has 0 saturated heterocycles. The van der Waals surface area contributed by atoms with Gasteiger partial charge in [0.15, 0.2) is 0 Å². The van der Waals surface area contributed by atoms with Crippen molar-refractivity contribution in [2.24, 2.45) is 0 Å². The van der Waals surface area contributed by atoms with Gasteiger partial charge in [-0.05, 0) is 50.1 Å². The molecular formula is C18H17N3O2. The number of aromatic nitrogens is 2. The Labute approximate surface area is 133 Å². The quantitative estimate of drug-likeness (QED) is 0.792. The lowest BCUT2D eigenvalue weighted by Gasteiger charge is -2.11. The molecule has 116 valence electrons. The van der Waals surface area contributed by atoms with E-state index >= 15 is 0 Å². The number of hydrogen-bond donors (Lipinski definition) is 1. The smallest absolute Gasteiger partial charge is 0.281 e. The van der Waals surface area contributed by atoms with Crippen LogP contribution in [0.5, 0.6) is 0 Å². The van der Waals surface area contributed by atoms with Gasteiger partial charge in [0.2, 0.25) is 0 Å². The van der Waals surface area contributed by atoms with Crippen LogP contribution in [0.2, 0.25) is 0 Å². The zero-order valence-corrected chi connectivity index (χ0v) is 13.3. The summed E-state index contributed by atoms with van der Waals surface area (Å²) < 4.78 is 1.44. The highest BCUT2D eigenvalue weighted by Crippen LogP contribution is 2.13. The average molecular weight is 307 g/mol. The second-order valence-corrected chi connectivity index (χ2v) is 5.58. The van der Waals surface area contributed by atoms with Crippen molar-refractivity contribution in [2.75, 3.05) is 5.32 Å². The predicted octanol–water partition coefficient (Wildman–Crippen LogP) is 2.87. The van der Waals surface area contributed by atoms with Crippen LogP contribution in [-0.4, -0.2) is 15.3 Å². The van der Waals surface area contributed by atoms with E-state index in [-0.39, 0.29) is 17.2 Å². The number of aryl methyl sites for hydroxylation is 3. The third-order valence-corrected chi connectivity index (χ3v) is 3.80. The number of carbonyl (C=O) groups excluding carboxylic acids is 1. The van der Waals surface area contributed by atoms with Crippen molar-refractivity contribution >= 4 is 17.2 Å². The number of anilines is 1. The van der Waals surface area contributed by atoms with E-state index < -0.39 is 0 Å². The molecule has 5 nitrogen and oxygen atoms in total. The molecule has 0 fully saturated rings. The minimum atomic E-state index is -0.308. The van der Waals surface area contributed by atoms with Crippen molar-refractivity contribution < 1.29 is 4.79 Å². The standard InChI is InChI=1S/C18H17N3O2/c1-11-8-9-21-15(10-11)19-13(3)16(18(21)23)20-17(22)14-7-5-4-6-12(14)2/h4-10H,1-3H3,(H,20,22). The largest absolute Gasteiger partial charge is 0.316 e. The Morgan fingerprint density at radius 3 is 2.61 bits per heavy atom. The number of benzene rings is 1. The first kappa shape index (κ1) is 15.0. The summed E-state index contributed by atoms with van der Waals surface area (Å²) in [5.41, 5.74) is 3.42. The Bertz CT molecular complexity index is 974. The lowest BCUT2D eigenvalue weighted by atomic mass is 10.1. The number of rotatable bonds is 2. The summed E-state index contributed by atoms with van der Waals surface area (Å²) in [5, 5.41) is 2.71. The second kappa shape index (κ2) is 5.68. The molecule has 23 heavy (non-hydrogen) atoms. The Kier molecular flexibility index (Phi) is 3.70. The SMILES string of the molecule is Cc1ccn2c(=O)c(NC(=O)c3ccccc3C)c(C)nc2c1. The van der Waals surface area contributed by atoms with Crippen LogP contribution in [0, 0.1) is 20.8 Å². The molecule has 0 aliphatic heterocycles. The Balaban J connectivity index is 2.07. The van der Waals surface area contributed by atoms with Gasteiger partial charge in [0.25, 0.3) is 11.5 Å². The summed E-state index contributed by atoms with van der Waals surface area (Å²) in [6, 6.07) is 10.9. The number of nitrogens with zero attached hydrogens (tertiary/aromatic N) is 2. The molecule has 2 aromatic heterocycles. The first-order valence-electron chi connectivity index (χ1n) is 7.34. The Hall–Kier alpha value is -2.95. The van der Waals surface area contributed by atoms with Gasteiger partial charge in [0, 0.05) is 11.8 Å². The maximum atomic E-state index is 12.6. The van der Waals surface area contributed by atoms with Gasteiger partial charge in [-0.3, -0.25) is 14.0 Å². The number of hydrogen-bond acceptors (Lipinski definition) is 3. The summed E-state index contributed by atoms with van der Waals surface area (Å²) in [5.74, 6) is -0.308. The van der Waals surface area contributed by atoms with Gasteiger partial charge in [-0.15, -0.1) is 0 Å². The zero-order valence-electron chi connectivity index (χ0n) is 13.3. The van der Waals surface area contributed by atoms with Gasteiger partial charge in [0.1, 0.15) is 11.3 Å². The second-order valence-electron chi connectivity index (χ2n) is 5.58. The highest BCUT2D eigenvalue weighted by atomic mass is 16.2.